The Hall–Kier alpha value is -1.84. The molecule has 8 heteroatoms. The summed E-state index contributed by atoms with van der Waals surface area (Å²) >= 11 is 0. The van der Waals surface area contributed by atoms with Gasteiger partial charge in [0.2, 0.25) is 5.91 Å². The number of likely N-dealkylation sites (tertiary alicyclic amines) is 1. The molecule has 0 spiro atoms. The van der Waals surface area contributed by atoms with Gasteiger partial charge in [0.25, 0.3) is 0 Å². The Bertz CT molecular complexity index is 684. The fraction of sp³-hybridized carbons (Fsp3) is 0.571. The number of piperidine rings is 1. The number of guanidine groups is 1. The predicted molar refractivity (Wildman–Crippen MR) is 126 cm³/mol. The molecule has 2 rings (SSSR count). The Morgan fingerprint density at radius 2 is 1.83 bits per heavy atom. The minimum Gasteiger partial charge on any atom is -0.466 e. The number of esters is 1. The van der Waals surface area contributed by atoms with Crippen molar-refractivity contribution in [3.63, 3.8) is 0 Å². The first-order valence-electron chi connectivity index (χ1n) is 9.96. The molecule has 1 fully saturated rings. The zero-order chi connectivity index (χ0) is 20.5. The normalized spacial score (nSPS) is 14.9. The summed E-state index contributed by atoms with van der Waals surface area (Å²) < 4.78 is 5.13. The third kappa shape index (κ3) is 7.83. The van der Waals surface area contributed by atoms with E-state index in [1.165, 1.54) is 0 Å². The van der Waals surface area contributed by atoms with Crippen LogP contribution in [0, 0.1) is 11.8 Å². The maximum Gasteiger partial charge on any atom is 0.309 e. The van der Waals surface area contributed by atoms with Crippen LogP contribution in [0.25, 0.3) is 0 Å². The number of hydrogen-bond acceptors (Lipinski definition) is 4. The van der Waals surface area contributed by atoms with Crippen molar-refractivity contribution in [1.29, 1.82) is 0 Å². The minimum atomic E-state index is -0.0882. The Kier molecular flexibility index (Phi) is 11.0. The lowest BCUT2D eigenvalue weighted by atomic mass is 9.97. The summed E-state index contributed by atoms with van der Waals surface area (Å²) in [6.45, 7) is 8.21. The molecule has 2 N–H and O–H groups in total. The van der Waals surface area contributed by atoms with Crippen LogP contribution in [0.1, 0.15) is 39.2 Å². The smallest absolute Gasteiger partial charge is 0.309 e. The van der Waals surface area contributed by atoms with E-state index in [-0.39, 0.29) is 47.7 Å². The molecule has 1 aromatic rings. The SMILES string of the molecule is CCOC(=O)C1CCN(C(=NC)NCc2ccc(NC(=O)C(C)C)cc2)CC1.I. The molecule has 0 atom stereocenters. The van der Waals surface area contributed by atoms with Crippen LogP contribution in [0.4, 0.5) is 5.69 Å². The van der Waals surface area contributed by atoms with Crippen molar-refractivity contribution >= 4 is 47.5 Å². The fourth-order valence-corrected chi connectivity index (χ4v) is 3.09. The molecule has 0 aromatic heterocycles. The number of carbonyl (C=O) groups excluding carboxylic acids is 2. The van der Waals surface area contributed by atoms with Crippen molar-refractivity contribution in [3.8, 4) is 0 Å². The molecular weight excluding hydrogens is 483 g/mol. The molecule has 1 saturated heterocycles. The van der Waals surface area contributed by atoms with E-state index in [0.717, 1.165) is 43.1 Å². The van der Waals surface area contributed by atoms with Gasteiger partial charge < -0.3 is 20.3 Å². The number of nitrogens with one attached hydrogen (secondary N) is 2. The van der Waals surface area contributed by atoms with Crippen molar-refractivity contribution in [3.05, 3.63) is 29.8 Å². The third-order valence-corrected chi connectivity index (χ3v) is 4.82. The first-order valence-corrected chi connectivity index (χ1v) is 9.96. The third-order valence-electron chi connectivity index (χ3n) is 4.82. The molecular formula is C21H33IN4O3. The molecule has 7 nitrogen and oxygen atoms in total. The molecule has 29 heavy (non-hydrogen) atoms. The van der Waals surface area contributed by atoms with Gasteiger partial charge in [0.15, 0.2) is 5.96 Å². The summed E-state index contributed by atoms with van der Waals surface area (Å²) in [6.07, 6.45) is 1.56. The van der Waals surface area contributed by atoms with E-state index in [4.69, 9.17) is 4.74 Å². The van der Waals surface area contributed by atoms with Crippen LogP contribution in [0.15, 0.2) is 29.3 Å². The number of benzene rings is 1. The van der Waals surface area contributed by atoms with E-state index < -0.39 is 0 Å². The molecule has 162 valence electrons. The summed E-state index contributed by atoms with van der Waals surface area (Å²) in [5.74, 6) is 0.701. The molecule has 1 heterocycles. The molecule has 0 unspecified atom stereocenters. The van der Waals surface area contributed by atoms with E-state index in [1.807, 2.05) is 45.0 Å². The van der Waals surface area contributed by atoms with Gasteiger partial charge in [-0.05, 0) is 37.5 Å². The molecule has 0 aliphatic carbocycles. The number of hydrogen-bond donors (Lipinski definition) is 2. The summed E-state index contributed by atoms with van der Waals surface area (Å²) in [4.78, 5) is 30.2. The van der Waals surface area contributed by atoms with Gasteiger partial charge in [-0.3, -0.25) is 14.6 Å². The highest BCUT2D eigenvalue weighted by atomic mass is 127. The summed E-state index contributed by atoms with van der Waals surface area (Å²) in [5.41, 5.74) is 1.90. The quantitative estimate of drug-likeness (QED) is 0.263. The van der Waals surface area contributed by atoms with E-state index in [9.17, 15) is 9.59 Å². The van der Waals surface area contributed by atoms with Crippen LogP contribution in [0.3, 0.4) is 0 Å². The van der Waals surface area contributed by atoms with Crippen LogP contribution in [-0.4, -0.2) is 49.5 Å². The zero-order valence-corrected chi connectivity index (χ0v) is 20.1. The predicted octanol–water partition coefficient (Wildman–Crippen LogP) is 3.25. The van der Waals surface area contributed by atoms with E-state index >= 15 is 0 Å². The first-order chi connectivity index (χ1) is 13.4. The maximum absolute atomic E-state index is 11.9. The van der Waals surface area contributed by atoms with Crippen LogP contribution >= 0.6 is 24.0 Å². The van der Waals surface area contributed by atoms with E-state index in [0.29, 0.717) is 13.2 Å². The van der Waals surface area contributed by atoms with E-state index in [1.54, 1.807) is 7.05 Å². The molecule has 0 bridgehead atoms. The average Bonchev–Trinajstić information content (AvgIpc) is 2.70. The van der Waals surface area contributed by atoms with Gasteiger partial charge in [0.05, 0.1) is 12.5 Å². The number of anilines is 1. The van der Waals surface area contributed by atoms with Crippen LogP contribution in [0.5, 0.6) is 0 Å². The first kappa shape index (κ1) is 25.2. The zero-order valence-electron chi connectivity index (χ0n) is 17.7. The van der Waals surface area contributed by atoms with Gasteiger partial charge in [-0.2, -0.15) is 0 Å². The molecule has 0 radical (unpaired) electrons. The Balaban J connectivity index is 0.00000420. The summed E-state index contributed by atoms with van der Waals surface area (Å²) in [6, 6.07) is 7.79. The fourth-order valence-electron chi connectivity index (χ4n) is 3.09. The largest absolute Gasteiger partial charge is 0.466 e. The number of ether oxygens (including phenoxy) is 1. The number of rotatable bonds is 6. The molecule has 1 aromatic carbocycles. The van der Waals surface area contributed by atoms with E-state index in [2.05, 4.69) is 20.5 Å². The van der Waals surface area contributed by atoms with Gasteiger partial charge in [0, 0.05) is 38.3 Å². The van der Waals surface area contributed by atoms with Crippen molar-refractivity contribution in [1.82, 2.24) is 10.2 Å². The van der Waals surface area contributed by atoms with Crippen molar-refractivity contribution in [2.45, 2.75) is 40.2 Å². The average molecular weight is 516 g/mol. The second kappa shape index (κ2) is 12.7. The summed E-state index contributed by atoms with van der Waals surface area (Å²) in [7, 11) is 1.77. The molecule has 0 saturated carbocycles. The highest BCUT2D eigenvalue weighted by molar-refractivity contribution is 14.0. The van der Waals surface area contributed by atoms with Crippen LogP contribution < -0.4 is 10.6 Å². The number of amides is 1. The molecule has 1 aliphatic rings. The van der Waals surface area contributed by atoms with Crippen LogP contribution in [0.2, 0.25) is 0 Å². The van der Waals surface area contributed by atoms with Crippen molar-refractivity contribution in [2.24, 2.45) is 16.8 Å². The molecule has 1 aliphatic heterocycles. The standard InChI is InChI=1S/C21H32N4O3.HI/c1-5-28-20(27)17-10-12-25(13-11-17)21(22-4)23-14-16-6-8-18(9-7-16)24-19(26)15(2)3;/h6-9,15,17H,5,10-14H2,1-4H3,(H,22,23)(H,24,26);1H. The second-order valence-electron chi connectivity index (χ2n) is 7.26. The molecule has 1 amide bonds. The lowest BCUT2D eigenvalue weighted by molar-refractivity contribution is -0.149. The van der Waals surface area contributed by atoms with Crippen LogP contribution in [-0.2, 0) is 20.9 Å². The Morgan fingerprint density at radius 3 is 2.34 bits per heavy atom. The number of nitrogens with zero attached hydrogens (tertiary/aromatic N) is 2. The van der Waals surface area contributed by atoms with Gasteiger partial charge in [-0.15, -0.1) is 24.0 Å². The van der Waals surface area contributed by atoms with Gasteiger partial charge in [0.1, 0.15) is 0 Å². The Morgan fingerprint density at radius 1 is 1.21 bits per heavy atom. The maximum atomic E-state index is 11.9. The van der Waals surface area contributed by atoms with Gasteiger partial charge in [-0.1, -0.05) is 26.0 Å². The minimum absolute atomic E-state index is 0. The van der Waals surface area contributed by atoms with Crippen molar-refractivity contribution < 1.29 is 14.3 Å². The highest BCUT2D eigenvalue weighted by Gasteiger charge is 2.27. The van der Waals surface area contributed by atoms with Gasteiger partial charge in [-0.25, -0.2) is 0 Å². The Labute approximate surface area is 190 Å². The topological polar surface area (TPSA) is 83.0 Å². The number of carbonyl (C=O) groups is 2. The number of halogens is 1. The van der Waals surface area contributed by atoms with Gasteiger partial charge >= 0.3 is 5.97 Å². The number of aliphatic imine (C=N–C) groups is 1. The highest BCUT2D eigenvalue weighted by Crippen LogP contribution is 2.19. The summed E-state index contributed by atoms with van der Waals surface area (Å²) in [5, 5.41) is 6.26. The lowest BCUT2D eigenvalue weighted by Crippen LogP contribution is -2.46. The monoisotopic (exact) mass is 516 g/mol. The lowest BCUT2D eigenvalue weighted by Gasteiger charge is -2.33. The second-order valence-corrected chi connectivity index (χ2v) is 7.26. The van der Waals surface area contributed by atoms with Crippen molar-refractivity contribution in [2.75, 3.05) is 32.1 Å².